The number of halogens is 4. The number of hydrogen-bond donors (Lipinski definition) is 3. The first kappa shape index (κ1) is 25.9. The van der Waals surface area contributed by atoms with Gasteiger partial charge in [0, 0.05) is 44.1 Å². The summed E-state index contributed by atoms with van der Waals surface area (Å²) in [5.74, 6) is 0.963. The van der Waals surface area contributed by atoms with E-state index in [1.54, 1.807) is 31.3 Å². The van der Waals surface area contributed by atoms with Crippen LogP contribution in [0.4, 0.5) is 18.9 Å². The van der Waals surface area contributed by atoms with Gasteiger partial charge in [0.2, 0.25) is 5.91 Å². The molecule has 30 heavy (non-hydrogen) atoms. The lowest BCUT2D eigenvalue weighted by molar-refractivity contribution is -0.140. The molecule has 0 spiro atoms. The van der Waals surface area contributed by atoms with Gasteiger partial charge in [-0.2, -0.15) is 13.2 Å². The van der Waals surface area contributed by atoms with Gasteiger partial charge in [0.05, 0.1) is 11.6 Å². The third-order valence-corrected chi connectivity index (χ3v) is 4.42. The Morgan fingerprint density at radius 2 is 2.00 bits per heavy atom. The number of alkyl halides is 3. The maximum absolute atomic E-state index is 12.5. The van der Waals surface area contributed by atoms with Crippen molar-refractivity contribution in [2.75, 3.05) is 32.1 Å². The van der Waals surface area contributed by atoms with Crippen molar-refractivity contribution in [2.24, 2.45) is 4.99 Å². The van der Waals surface area contributed by atoms with E-state index in [1.165, 1.54) is 6.92 Å². The lowest BCUT2D eigenvalue weighted by Crippen LogP contribution is -2.40. The zero-order valence-electron chi connectivity index (χ0n) is 16.4. The number of carbonyl (C=O) groups excluding carboxylic acids is 1. The van der Waals surface area contributed by atoms with Crippen molar-refractivity contribution in [3.05, 3.63) is 40.3 Å². The van der Waals surface area contributed by atoms with Crippen molar-refractivity contribution >= 4 is 52.9 Å². The van der Waals surface area contributed by atoms with Crippen LogP contribution in [0.3, 0.4) is 0 Å². The monoisotopic (exact) mass is 557 g/mol. The Bertz CT molecular complexity index is 845. The highest BCUT2D eigenvalue weighted by molar-refractivity contribution is 14.0. The Morgan fingerprint density at radius 3 is 2.63 bits per heavy atom. The molecular weight excluding hydrogens is 534 g/mol. The SMILES string of the molecule is CN=C(NCCOc1cccc(NC(C)=O)c1)NCCc1nc(C(F)(F)F)cs1.I. The topological polar surface area (TPSA) is 87.6 Å². The lowest BCUT2D eigenvalue weighted by atomic mass is 10.3. The number of hydrogen-bond acceptors (Lipinski definition) is 5. The van der Waals surface area contributed by atoms with E-state index in [1.807, 2.05) is 0 Å². The van der Waals surface area contributed by atoms with Gasteiger partial charge in [-0.05, 0) is 12.1 Å². The Balaban J connectivity index is 0.00000450. The van der Waals surface area contributed by atoms with Crippen molar-refractivity contribution < 1.29 is 22.7 Å². The number of carbonyl (C=O) groups is 1. The highest BCUT2D eigenvalue weighted by Crippen LogP contribution is 2.30. The second kappa shape index (κ2) is 12.6. The number of benzene rings is 1. The molecule has 0 fully saturated rings. The minimum atomic E-state index is -4.42. The molecule has 1 amide bonds. The molecule has 0 atom stereocenters. The van der Waals surface area contributed by atoms with Gasteiger partial charge in [-0.1, -0.05) is 6.07 Å². The summed E-state index contributed by atoms with van der Waals surface area (Å²) >= 11 is 0.982. The molecule has 1 aromatic heterocycles. The van der Waals surface area contributed by atoms with Gasteiger partial charge in [0.15, 0.2) is 11.7 Å². The van der Waals surface area contributed by atoms with E-state index >= 15 is 0 Å². The van der Waals surface area contributed by atoms with Crippen LogP contribution in [0.25, 0.3) is 0 Å². The van der Waals surface area contributed by atoms with Gasteiger partial charge in [0.25, 0.3) is 0 Å². The fourth-order valence-electron chi connectivity index (χ4n) is 2.27. The first-order valence-corrected chi connectivity index (χ1v) is 9.62. The molecule has 0 aliphatic carbocycles. The summed E-state index contributed by atoms with van der Waals surface area (Å²) in [5, 5.41) is 10.2. The fraction of sp³-hybridized carbons (Fsp3) is 0.389. The van der Waals surface area contributed by atoms with Crippen molar-refractivity contribution in [1.29, 1.82) is 0 Å². The molecule has 0 saturated carbocycles. The second-order valence-corrected chi connectivity index (χ2v) is 6.80. The summed E-state index contributed by atoms with van der Waals surface area (Å²) in [4.78, 5) is 18.7. The van der Waals surface area contributed by atoms with E-state index in [0.29, 0.717) is 48.5 Å². The third-order valence-electron chi connectivity index (χ3n) is 3.51. The summed E-state index contributed by atoms with van der Waals surface area (Å²) in [6.45, 7) is 2.63. The zero-order valence-corrected chi connectivity index (χ0v) is 19.5. The molecule has 0 unspecified atom stereocenters. The Labute approximate surface area is 193 Å². The van der Waals surface area contributed by atoms with Crippen LogP contribution in [0, 0.1) is 0 Å². The van der Waals surface area contributed by atoms with Crippen LogP contribution in [-0.2, 0) is 17.4 Å². The Morgan fingerprint density at radius 1 is 1.27 bits per heavy atom. The predicted octanol–water partition coefficient (Wildman–Crippen LogP) is 3.52. The fourth-order valence-corrected chi connectivity index (χ4v) is 3.07. The van der Waals surface area contributed by atoms with E-state index < -0.39 is 11.9 Å². The van der Waals surface area contributed by atoms with Crippen molar-refractivity contribution in [3.8, 4) is 5.75 Å². The number of thiazole rings is 1. The first-order chi connectivity index (χ1) is 13.8. The highest BCUT2D eigenvalue weighted by atomic mass is 127. The molecule has 2 aromatic rings. The van der Waals surface area contributed by atoms with Crippen LogP contribution in [0.2, 0.25) is 0 Å². The predicted molar refractivity (Wildman–Crippen MR) is 122 cm³/mol. The standard InChI is InChI=1S/C18H22F3N5O2S.HI/c1-12(27)25-13-4-3-5-14(10-13)28-9-8-24-17(22-2)23-7-6-16-26-15(11-29-16)18(19,20)21;/h3-5,10-11H,6-9H2,1-2H3,(H,25,27)(H2,22,23,24);1H. The Kier molecular flexibility index (Phi) is 10.9. The number of rotatable bonds is 8. The number of ether oxygens (including phenoxy) is 1. The summed E-state index contributed by atoms with van der Waals surface area (Å²) in [7, 11) is 1.60. The molecule has 7 nitrogen and oxygen atoms in total. The van der Waals surface area contributed by atoms with Gasteiger partial charge in [-0.15, -0.1) is 35.3 Å². The summed E-state index contributed by atoms with van der Waals surface area (Å²) in [6.07, 6.45) is -4.06. The van der Waals surface area contributed by atoms with Gasteiger partial charge < -0.3 is 20.7 Å². The van der Waals surface area contributed by atoms with Gasteiger partial charge >= 0.3 is 6.18 Å². The molecule has 0 radical (unpaired) electrons. The van der Waals surface area contributed by atoms with Crippen LogP contribution >= 0.6 is 35.3 Å². The molecule has 3 N–H and O–H groups in total. The van der Waals surface area contributed by atoms with Crippen molar-refractivity contribution in [1.82, 2.24) is 15.6 Å². The van der Waals surface area contributed by atoms with Gasteiger partial charge in [-0.25, -0.2) is 4.98 Å². The third kappa shape index (κ3) is 9.15. The average Bonchev–Trinajstić information content (AvgIpc) is 3.13. The van der Waals surface area contributed by atoms with Crippen LogP contribution in [0.5, 0.6) is 5.75 Å². The number of anilines is 1. The van der Waals surface area contributed by atoms with Crippen molar-refractivity contribution in [3.63, 3.8) is 0 Å². The molecule has 0 aliphatic rings. The van der Waals surface area contributed by atoms with Crippen molar-refractivity contribution in [2.45, 2.75) is 19.5 Å². The van der Waals surface area contributed by atoms with E-state index in [4.69, 9.17) is 4.74 Å². The molecule has 2 rings (SSSR count). The minimum absolute atomic E-state index is 0. The van der Waals surface area contributed by atoms with Crippen LogP contribution in [0.15, 0.2) is 34.6 Å². The molecular formula is C18H23F3IN5O2S. The molecule has 166 valence electrons. The number of amides is 1. The van der Waals surface area contributed by atoms with E-state index in [-0.39, 0.29) is 29.9 Å². The number of aromatic nitrogens is 1. The molecule has 12 heteroatoms. The smallest absolute Gasteiger partial charge is 0.434 e. The maximum atomic E-state index is 12.5. The molecule has 0 aliphatic heterocycles. The molecule has 0 saturated heterocycles. The quantitative estimate of drug-likeness (QED) is 0.200. The summed E-state index contributed by atoms with van der Waals surface area (Å²) in [5.41, 5.74) is -0.212. The lowest BCUT2D eigenvalue weighted by Gasteiger charge is -2.12. The van der Waals surface area contributed by atoms with E-state index in [2.05, 4.69) is 25.9 Å². The molecule has 0 bridgehead atoms. The maximum Gasteiger partial charge on any atom is 0.434 e. The zero-order chi connectivity index (χ0) is 21.3. The normalized spacial score (nSPS) is 11.4. The minimum Gasteiger partial charge on any atom is -0.492 e. The van der Waals surface area contributed by atoms with Crippen LogP contribution in [-0.4, -0.2) is 43.6 Å². The number of guanidine groups is 1. The van der Waals surface area contributed by atoms with Crippen LogP contribution < -0.4 is 20.7 Å². The van der Waals surface area contributed by atoms with Gasteiger partial charge in [0.1, 0.15) is 12.4 Å². The number of aliphatic imine (C=N–C) groups is 1. The number of nitrogens with zero attached hydrogens (tertiary/aromatic N) is 2. The van der Waals surface area contributed by atoms with E-state index in [9.17, 15) is 18.0 Å². The largest absolute Gasteiger partial charge is 0.492 e. The molecule has 1 aromatic carbocycles. The van der Waals surface area contributed by atoms with Crippen LogP contribution in [0.1, 0.15) is 17.6 Å². The van der Waals surface area contributed by atoms with E-state index in [0.717, 1.165) is 16.7 Å². The molecule has 1 heterocycles. The summed E-state index contributed by atoms with van der Waals surface area (Å²) in [6, 6.07) is 7.04. The second-order valence-electron chi connectivity index (χ2n) is 5.86. The summed E-state index contributed by atoms with van der Waals surface area (Å²) < 4.78 is 43.3. The average molecular weight is 557 g/mol. The van der Waals surface area contributed by atoms with Gasteiger partial charge in [-0.3, -0.25) is 9.79 Å². The number of nitrogens with one attached hydrogen (secondary N) is 3. The first-order valence-electron chi connectivity index (χ1n) is 8.74. The Hall–Kier alpha value is -2.09. The highest BCUT2D eigenvalue weighted by Gasteiger charge is 2.33.